The minimum atomic E-state index is -1.02. The summed E-state index contributed by atoms with van der Waals surface area (Å²) in [4.78, 5) is 17.6. The van der Waals surface area contributed by atoms with Crippen molar-refractivity contribution in [3.8, 4) is 0 Å². The smallest absolute Gasteiger partial charge is 0.355 e. The zero-order valence-corrected chi connectivity index (χ0v) is 8.15. The minimum Gasteiger partial charge on any atom is -0.476 e. The summed E-state index contributed by atoms with van der Waals surface area (Å²) in [6.07, 6.45) is 0.766. The third-order valence-electron chi connectivity index (χ3n) is 2.18. The van der Waals surface area contributed by atoms with Crippen LogP contribution in [-0.4, -0.2) is 27.6 Å². The van der Waals surface area contributed by atoms with E-state index in [1.807, 2.05) is 0 Å². The summed E-state index contributed by atoms with van der Waals surface area (Å²) in [5.74, 6) is -1.02. The molecule has 2 rings (SSSR count). The van der Waals surface area contributed by atoms with Crippen LogP contribution in [0, 0.1) is 4.77 Å². The lowest BCUT2D eigenvalue weighted by Crippen LogP contribution is -2.27. The van der Waals surface area contributed by atoms with Crippen LogP contribution in [0.5, 0.6) is 0 Å². The maximum absolute atomic E-state index is 10.9. The highest BCUT2D eigenvalue weighted by Gasteiger charge is 2.18. The van der Waals surface area contributed by atoms with Gasteiger partial charge in [-0.2, -0.15) is 0 Å². The first-order valence-electron chi connectivity index (χ1n) is 4.24. The molecule has 1 aromatic heterocycles. The van der Waals surface area contributed by atoms with Gasteiger partial charge in [-0.3, -0.25) is 0 Å². The quantitative estimate of drug-likeness (QED) is 0.589. The zero-order valence-electron chi connectivity index (χ0n) is 7.33. The number of carboxylic acid groups (broad SMARTS) is 1. The lowest BCUT2D eigenvalue weighted by molar-refractivity contribution is 0.0688. The molecule has 1 aliphatic rings. The van der Waals surface area contributed by atoms with Gasteiger partial charge in [0.25, 0.3) is 0 Å². The number of aromatic amines is 1. The van der Waals surface area contributed by atoms with E-state index in [0.717, 1.165) is 24.2 Å². The van der Waals surface area contributed by atoms with Crippen molar-refractivity contribution < 1.29 is 9.90 Å². The van der Waals surface area contributed by atoms with Crippen molar-refractivity contribution in [3.63, 3.8) is 0 Å². The average Bonchev–Trinajstić information content (AvgIpc) is 2.16. The molecule has 1 aromatic rings. The molecule has 0 fully saturated rings. The lowest BCUT2D eigenvalue weighted by Gasteiger charge is -2.17. The van der Waals surface area contributed by atoms with Gasteiger partial charge in [0.2, 0.25) is 0 Å². The number of aromatic carboxylic acids is 1. The number of carbonyl (C=O) groups is 1. The Bertz CT molecular complexity index is 441. The number of carboxylic acids is 1. The van der Waals surface area contributed by atoms with Gasteiger partial charge in [0, 0.05) is 30.8 Å². The summed E-state index contributed by atoms with van der Waals surface area (Å²) in [6.45, 7) is 1.37. The Kier molecular flexibility index (Phi) is 2.30. The highest BCUT2D eigenvalue weighted by molar-refractivity contribution is 7.71. The van der Waals surface area contributed by atoms with Gasteiger partial charge < -0.3 is 15.4 Å². The van der Waals surface area contributed by atoms with Crippen molar-refractivity contribution in [3.05, 3.63) is 21.7 Å². The van der Waals surface area contributed by atoms with Gasteiger partial charge in [-0.05, 0) is 12.2 Å². The van der Waals surface area contributed by atoms with Crippen LogP contribution < -0.4 is 5.32 Å². The molecule has 14 heavy (non-hydrogen) atoms. The second kappa shape index (κ2) is 3.47. The number of rotatable bonds is 1. The van der Waals surface area contributed by atoms with E-state index in [9.17, 15) is 4.79 Å². The second-order valence-corrected chi connectivity index (χ2v) is 3.47. The van der Waals surface area contributed by atoms with Crippen molar-refractivity contribution in [1.82, 2.24) is 15.3 Å². The standard InChI is InChI=1S/C8H9N3O2S/c12-7(13)6-4-3-9-2-1-5(4)10-8(14)11-6/h9H,1-3H2,(H,12,13)(H,10,11,14). The molecule has 1 aliphatic heterocycles. The van der Waals surface area contributed by atoms with Gasteiger partial charge in [0.05, 0.1) is 0 Å². The largest absolute Gasteiger partial charge is 0.476 e. The van der Waals surface area contributed by atoms with Crippen molar-refractivity contribution >= 4 is 18.2 Å². The monoisotopic (exact) mass is 211 g/mol. The fourth-order valence-corrected chi connectivity index (χ4v) is 1.77. The summed E-state index contributed by atoms with van der Waals surface area (Å²) in [6, 6.07) is 0. The molecule has 0 saturated heterocycles. The Balaban J connectivity index is 2.64. The third-order valence-corrected chi connectivity index (χ3v) is 2.37. The molecule has 0 radical (unpaired) electrons. The molecule has 0 bridgehead atoms. The molecule has 0 aromatic carbocycles. The van der Waals surface area contributed by atoms with Crippen molar-refractivity contribution in [2.45, 2.75) is 13.0 Å². The Morgan fingerprint density at radius 1 is 1.57 bits per heavy atom. The SMILES string of the molecule is O=C(O)c1nc(=S)[nH]c2c1CNCC2. The van der Waals surface area contributed by atoms with Gasteiger partial charge in [0.15, 0.2) is 10.5 Å². The molecular weight excluding hydrogens is 202 g/mol. The number of hydrogen-bond donors (Lipinski definition) is 3. The van der Waals surface area contributed by atoms with E-state index in [0.29, 0.717) is 6.54 Å². The highest BCUT2D eigenvalue weighted by Crippen LogP contribution is 2.14. The Morgan fingerprint density at radius 2 is 2.36 bits per heavy atom. The number of H-pyrrole nitrogens is 1. The van der Waals surface area contributed by atoms with Crippen LogP contribution in [0.15, 0.2) is 0 Å². The number of hydrogen-bond acceptors (Lipinski definition) is 4. The summed E-state index contributed by atoms with van der Waals surface area (Å²) in [5.41, 5.74) is 1.68. The first-order valence-corrected chi connectivity index (χ1v) is 4.65. The van der Waals surface area contributed by atoms with Crippen LogP contribution >= 0.6 is 12.2 Å². The van der Waals surface area contributed by atoms with Gasteiger partial charge in [-0.25, -0.2) is 9.78 Å². The summed E-state index contributed by atoms with van der Waals surface area (Å²) in [7, 11) is 0. The van der Waals surface area contributed by atoms with E-state index in [1.165, 1.54) is 0 Å². The second-order valence-electron chi connectivity index (χ2n) is 3.08. The van der Waals surface area contributed by atoms with Gasteiger partial charge in [0.1, 0.15) is 0 Å². The van der Waals surface area contributed by atoms with Gasteiger partial charge in [-0.1, -0.05) is 0 Å². The number of fused-ring (bicyclic) bond motifs is 1. The molecule has 3 N–H and O–H groups in total. The molecule has 0 aliphatic carbocycles. The highest BCUT2D eigenvalue weighted by atomic mass is 32.1. The summed E-state index contributed by atoms with van der Waals surface area (Å²) in [5, 5.41) is 12.0. The normalized spacial score (nSPS) is 14.9. The topological polar surface area (TPSA) is 78.0 Å². The molecule has 2 heterocycles. The molecule has 0 amide bonds. The molecule has 0 unspecified atom stereocenters. The summed E-state index contributed by atoms with van der Waals surface area (Å²) < 4.78 is 0.239. The van der Waals surface area contributed by atoms with Gasteiger partial charge in [-0.15, -0.1) is 0 Å². The van der Waals surface area contributed by atoms with E-state index in [2.05, 4.69) is 15.3 Å². The first-order chi connectivity index (χ1) is 6.68. The van der Waals surface area contributed by atoms with Crippen LogP contribution in [0.2, 0.25) is 0 Å². The van der Waals surface area contributed by atoms with Crippen LogP contribution in [0.25, 0.3) is 0 Å². The van der Waals surface area contributed by atoms with Crippen LogP contribution in [0.1, 0.15) is 21.7 Å². The van der Waals surface area contributed by atoms with E-state index in [4.69, 9.17) is 17.3 Å². The third kappa shape index (κ3) is 1.53. The van der Waals surface area contributed by atoms with Crippen molar-refractivity contribution in [2.24, 2.45) is 0 Å². The molecule has 5 nitrogen and oxygen atoms in total. The molecular formula is C8H9N3O2S. The van der Waals surface area contributed by atoms with E-state index < -0.39 is 5.97 Å². The molecule has 74 valence electrons. The Labute approximate surface area is 85.2 Å². The fraction of sp³-hybridized carbons (Fsp3) is 0.375. The average molecular weight is 211 g/mol. The number of nitrogens with zero attached hydrogens (tertiary/aromatic N) is 1. The Hall–Kier alpha value is -1.27. The first kappa shape index (κ1) is 9.29. The van der Waals surface area contributed by atoms with Crippen molar-refractivity contribution in [1.29, 1.82) is 0 Å². The van der Waals surface area contributed by atoms with Crippen molar-refractivity contribution in [2.75, 3.05) is 6.54 Å². The minimum absolute atomic E-state index is 0.0657. The molecule has 0 atom stereocenters. The molecule has 0 saturated carbocycles. The molecule has 6 heteroatoms. The maximum Gasteiger partial charge on any atom is 0.355 e. The summed E-state index contributed by atoms with van der Waals surface area (Å²) >= 11 is 4.85. The zero-order chi connectivity index (χ0) is 10.1. The number of aromatic nitrogens is 2. The van der Waals surface area contributed by atoms with E-state index in [-0.39, 0.29) is 10.5 Å². The Morgan fingerprint density at radius 3 is 3.07 bits per heavy atom. The van der Waals surface area contributed by atoms with Crippen LogP contribution in [0.3, 0.4) is 0 Å². The lowest BCUT2D eigenvalue weighted by atomic mass is 10.1. The predicted molar refractivity (Wildman–Crippen MR) is 51.8 cm³/mol. The van der Waals surface area contributed by atoms with Crippen LogP contribution in [0.4, 0.5) is 0 Å². The van der Waals surface area contributed by atoms with Crippen LogP contribution in [-0.2, 0) is 13.0 Å². The van der Waals surface area contributed by atoms with E-state index in [1.54, 1.807) is 0 Å². The fourth-order valence-electron chi connectivity index (χ4n) is 1.55. The number of nitrogens with one attached hydrogen (secondary N) is 2. The van der Waals surface area contributed by atoms with E-state index >= 15 is 0 Å². The maximum atomic E-state index is 10.9. The molecule has 0 spiro atoms. The predicted octanol–water partition coefficient (Wildman–Crippen LogP) is 0.483. The van der Waals surface area contributed by atoms with Gasteiger partial charge >= 0.3 is 5.97 Å².